The summed E-state index contributed by atoms with van der Waals surface area (Å²) in [5, 5.41) is 15.8. The molecule has 1 fully saturated rings. The smallest absolute Gasteiger partial charge is 0.305 e. The van der Waals surface area contributed by atoms with Gasteiger partial charge in [0.05, 0.1) is 19.1 Å². The number of hydrogen-bond acceptors (Lipinski definition) is 5. The van der Waals surface area contributed by atoms with Gasteiger partial charge in [0.2, 0.25) is 5.91 Å². The lowest BCUT2D eigenvalue weighted by molar-refractivity contribution is -0.138. The third kappa shape index (κ3) is 5.18. The van der Waals surface area contributed by atoms with E-state index >= 15 is 0 Å². The zero-order valence-corrected chi connectivity index (χ0v) is 19.5. The van der Waals surface area contributed by atoms with Gasteiger partial charge in [-0.3, -0.25) is 9.59 Å². The number of amides is 1. The number of anilines is 1. The number of carbonyl (C=O) groups excluding carboxylic acids is 1. The van der Waals surface area contributed by atoms with Crippen LogP contribution in [0.4, 0.5) is 5.82 Å². The average molecular weight is 464 g/mol. The number of benzene rings is 1. The van der Waals surface area contributed by atoms with Gasteiger partial charge in [0.1, 0.15) is 11.6 Å². The first-order valence-corrected chi connectivity index (χ1v) is 12.6. The Morgan fingerprint density at radius 1 is 1.18 bits per heavy atom. The number of hydrogen-bond donors (Lipinski definition) is 3. The maximum atomic E-state index is 12.8. The first-order valence-electron chi connectivity index (χ1n) is 12.6. The molecule has 1 saturated carbocycles. The number of ether oxygens (including phenoxy) is 1. The lowest BCUT2D eigenvalue weighted by Crippen LogP contribution is -2.41. The van der Waals surface area contributed by atoms with Crippen molar-refractivity contribution in [2.45, 2.75) is 63.8 Å². The molecular formula is C27H33N3O4. The highest BCUT2D eigenvalue weighted by Gasteiger charge is 2.35. The van der Waals surface area contributed by atoms with Gasteiger partial charge in [0.25, 0.3) is 0 Å². The van der Waals surface area contributed by atoms with Crippen molar-refractivity contribution in [2.24, 2.45) is 11.8 Å². The van der Waals surface area contributed by atoms with Crippen LogP contribution in [0, 0.1) is 11.8 Å². The minimum absolute atomic E-state index is 0.0296. The Hall–Kier alpha value is -3.09. The number of rotatable bonds is 9. The van der Waals surface area contributed by atoms with Gasteiger partial charge in [-0.2, -0.15) is 0 Å². The van der Waals surface area contributed by atoms with Gasteiger partial charge in [-0.25, -0.2) is 4.98 Å². The molecule has 0 saturated heterocycles. The van der Waals surface area contributed by atoms with E-state index in [2.05, 4.69) is 22.8 Å². The van der Waals surface area contributed by atoms with E-state index in [9.17, 15) is 14.7 Å². The summed E-state index contributed by atoms with van der Waals surface area (Å²) in [5.74, 6) is 1.41. The molecule has 1 aromatic carbocycles. The normalized spacial score (nSPS) is 21.3. The molecule has 1 amide bonds. The summed E-state index contributed by atoms with van der Waals surface area (Å²) in [6.45, 7) is 1.65. The Balaban J connectivity index is 1.09. The van der Waals surface area contributed by atoms with Crippen LogP contribution >= 0.6 is 0 Å². The van der Waals surface area contributed by atoms with Crippen molar-refractivity contribution in [3.8, 4) is 5.75 Å². The molecule has 7 nitrogen and oxygen atoms in total. The molecule has 5 rings (SSSR count). The molecule has 180 valence electrons. The molecule has 2 aromatic rings. The predicted octanol–water partition coefficient (Wildman–Crippen LogP) is 4.06. The van der Waals surface area contributed by atoms with Gasteiger partial charge < -0.3 is 20.5 Å². The van der Waals surface area contributed by atoms with Crippen LogP contribution in [-0.4, -0.2) is 35.1 Å². The first-order chi connectivity index (χ1) is 16.5. The summed E-state index contributed by atoms with van der Waals surface area (Å²) in [7, 11) is 0. The molecule has 3 heterocycles. The average Bonchev–Trinajstić information content (AvgIpc) is 3.27. The standard InChI is InChI=1S/C27H33N3O4/c31-25(32)16-23(20-7-6-18-10-12-34-24(18)15-20)30-27(33)21-13-17(14-21)3-1-5-22-9-8-19-4-2-11-28-26(19)29-22/h6-9,15,17,21,23H,1-5,10-14,16H2,(H,28,29)(H,30,33)(H,31,32)/t17?,21?,23-/m0/s1. The Morgan fingerprint density at radius 2 is 2.03 bits per heavy atom. The van der Waals surface area contributed by atoms with Crippen LogP contribution in [0.1, 0.15) is 67.0 Å². The monoisotopic (exact) mass is 463 g/mol. The number of pyridine rings is 1. The second-order valence-electron chi connectivity index (χ2n) is 9.89. The fourth-order valence-electron chi connectivity index (χ4n) is 5.38. The molecule has 0 unspecified atom stereocenters. The molecular weight excluding hydrogens is 430 g/mol. The van der Waals surface area contributed by atoms with Crippen molar-refractivity contribution in [3.05, 3.63) is 52.7 Å². The van der Waals surface area contributed by atoms with Gasteiger partial charge in [-0.1, -0.05) is 24.6 Å². The van der Waals surface area contributed by atoms with E-state index < -0.39 is 12.0 Å². The number of aryl methyl sites for hydroxylation is 2. The van der Waals surface area contributed by atoms with E-state index in [-0.39, 0.29) is 18.2 Å². The zero-order valence-electron chi connectivity index (χ0n) is 19.5. The summed E-state index contributed by atoms with van der Waals surface area (Å²) in [6, 6.07) is 9.58. The number of aromatic nitrogens is 1. The van der Waals surface area contributed by atoms with Crippen LogP contribution in [0.15, 0.2) is 30.3 Å². The molecule has 34 heavy (non-hydrogen) atoms. The van der Waals surface area contributed by atoms with Gasteiger partial charge in [-0.05, 0) is 73.3 Å². The molecule has 0 radical (unpaired) electrons. The van der Waals surface area contributed by atoms with Gasteiger partial charge >= 0.3 is 5.97 Å². The fraction of sp³-hybridized carbons (Fsp3) is 0.519. The number of nitrogens with one attached hydrogen (secondary N) is 2. The minimum atomic E-state index is -0.927. The summed E-state index contributed by atoms with van der Waals surface area (Å²) >= 11 is 0. The van der Waals surface area contributed by atoms with E-state index in [0.717, 1.165) is 79.9 Å². The molecule has 1 aromatic heterocycles. The Kier molecular flexibility index (Phi) is 6.70. The van der Waals surface area contributed by atoms with Gasteiger partial charge in [-0.15, -0.1) is 0 Å². The van der Waals surface area contributed by atoms with Gasteiger partial charge in [0, 0.05) is 24.6 Å². The van der Waals surface area contributed by atoms with Crippen molar-refractivity contribution in [2.75, 3.05) is 18.5 Å². The number of carbonyl (C=O) groups is 2. The highest BCUT2D eigenvalue weighted by atomic mass is 16.5. The third-order valence-electron chi connectivity index (χ3n) is 7.42. The minimum Gasteiger partial charge on any atom is -0.493 e. The van der Waals surface area contributed by atoms with Crippen LogP contribution in [0.2, 0.25) is 0 Å². The van der Waals surface area contributed by atoms with Crippen molar-refractivity contribution in [1.82, 2.24) is 10.3 Å². The number of fused-ring (bicyclic) bond motifs is 2. The SMILES string of the molecule is O=C(O)C[C@H](NC(=O)C1CC(CCCc2ccc3c(n2)NCCC3)C1)c1ccc2c(c1)OCC2. The second-order valence-corrected chi connectivity index (χ2v) is 9.89. The van der Waals surface area contributed by atoms with Crippen molar-refractivity contribution in [1.29, 1.82) is 0 Å². The van der Waals surface area contributed by atoms with E-state index in [0.29, 0.717) is 12.5 Å². The molecule has 1 aliphatic carbocycles. The van der Waals surface area contributed by atoms with Crippen LogP contribution in [-0.2, 0) is 28.9 Å². The maximum absolute atomic E-state index is 12.8. The Morgan fingerprint density at radius 3 is 2.88 bits per heavy atom. The summed E-state index contributed by atoms with van der Waals surface area (Å²) in [5.41, 5.74) is 4.38. The third-order valence-corrected chi connectivity index (χ3v) is 7.42. The van der Waals surface area contributed by atoms with E-state index in [1.165, 1.54) is 12.0 Å². The van der Waals surface area contributed by atoms with Crippen LogP contribution in [0.25, 0.3) is 0 Å². The molecule has 1 atom stereocenters. The number of aliphatic carboxylic acids is 1. The predicted molar refractivity (Wildman–Crippen MR) is 129 cm³/mol. The molecule has 3 aliphatic rings. The zero-order chi connectivity index (χ0) is 23.5. The van der Waals surface area contributed by atoms with Crippen LogP contribution in [0.5, 0.6) is 5.75 Å². The van der Waals surface area contributed by atoms with Gasteiger partial charge in [0.15, 0.2) is 0 Å². The van der Waals surface area contributed by atoms with E-state index in [4.69, 9.17) is 9.72 Å². The van der Waals surface area contributed by atoms with Crippen LogP contribution in [0.3, 0.4) is 0 Å². The first kappa shape index (κ1) is 22.7. The van der Waals surface area contributed by atoms with Crippen molar-refractivity contribution in [3.63, 3.8) is 0 Å². The molecule has 0 bridgehead atoms. The second kappa shape index (κ2) is 10.0. The van der Waals surface area contributed by atoms with Crippen LogP contribution < -0.4 is 15.4 Å². The van der Waals surface area contributed by atoms with Crippen molar-refractivity contribution >= 4 is 17.7 Å². The van der Waals surface area contributed by atoms with E-state index in [1.54, 1.807) is 0 Å². The fourth-order valence-corrected chi connectivity index (χ4v) is 5.38. The quantitative estimate of drug-likeness (QED) is 0.519. The Bertz CT molecular complexity index is 1060. The number of carboxylic acid groups (broad SMARTS) is 1. The molecule has 2 aliphatic heterocycles. The Labute approximate surface area is 200 Å². The maximum Gasteiger partial charge on any atom is 0.305 e. The summed E-state index contributed by atoms with van der Waals surface area (Å²) in [4.78, 5) is 29.0. The largest absolute Gasteiger partial charge is 0.493 e. The number of carboxylic acids is 1. The summed E-state index contributed by atoms with van der Waals surface area (Å²) < 4.78 is 5.62. The molecule has 0 spiro atoms. The topological polar surface area (TPSA) is 101 Å². The van der Waals surface area contributed by atoms with Crippen molar-refractivity contribution < 1.29 is 19.4 Å². The highest BCUT2D eigenvalue weighted by molar-refractivity contribution is 5.81. The lowest BCUT2D eigenvalue weighted by atomic mass is 9.72. The lowest BCUT2D eigenvalue weighted by Gasteiger charge is -2.35. The molecule has 7 heteroatoms. The molecule has 3 N–H and O–H groups in total. The van der Waals surface area contributed by atoms with E-state index in [1.807, 2.05) is 18.2 Å². The summed E-state index contributed by atoms with van der Waals surface area (Å²) in [6.07, 6.45) is 7.88. The number of nitrogens with zero attached hydrogens (tertiary/aromatic N) is 1. The highest BCUT2D eigenvalue weighted by Crippen LogP contribution is 2.38.